The van der Waals surface area contributed by atoms with Crippen molar-refractivity contribution in [1.29, 1.82) is 0 Å². The van der Waals surface area contributed by atoms with Crippen LogP contribution in [0, 0.1) is 11.6 Å². The van der Waals surface area contributed by atoms with E-state index in [1.165, 1.54) is 12.1 Å². The molecule has 0 amide bonds. The van der Waals surface area contributed by atoms with E-state index in [2.05, 4.69) is 15.9 Å². The summed E-state index contributed by atoms with van der Waals surface area (Å²) in [6, 6.07) is 8.39. The molecule has 0 spiro atoms. The van der Waals surface area contributed by atoms with Crippen LogP contribution in [-0.4, -0.2) is 7.11 Å². The van der Waals surface area contributed by atoms with Gasteiger partial charge in [-0.2, -0.15) is 0 Å². The molecular weight excluding hydrogens is 316 g/mol. The maximum atomic E-state index is 14.0. The number of hydrogen-bond acceptors (Lipinski definition) is 2. The lowest BCUT2D eigenvalue weighted by molar-refractivity contribution is 0.414. The van der Waals surface area contributed by atoms with Gasteiger partial charge >= 0.3 is 0 Å². The summed E-state index contributed by atoms with van der Waals surface area (Å²) in [6.07, 6.45) is 0. The molecule has 2 N–H and O–H groups in total. The van der Waals surface area contributed by atoms with Gasteiger partial charge in [0.1, 0.15) is 17.4 Å². The van der Waals surface area contributed by atoms with Crippen LogP contribution < -0.4 is 10.5 Å². The summed E-state index contributed by atoms with van der Waals surface area (Å²) in [7, 11) is 1.54. The first-order chi connectivity index (χ1) is 9.04. The van der Waals surface area contributed by atoms with E-state index < -0.39 is 17.7 Å². The minimum Gasteiger partial charge on any atom is -0.497 e. The third-order valence-electron chi connectivity index (χ3n) is 2.87. The Labute approximate surface area is 118 Å². The molecule has 19 heavy (non-hydrogen) atoms. The molecule has 0 heterocycles. The van der Waals surface area contributed by atoms with Gasteiger partial charge in [-0.05, 0) is 45.8 Å². The second-order valence-electron chi connectivity index (χ2n) is 4.01. The van der Waals surface area contributed by atoms with E-state index in [0.717, 1.165) is 0 Å². The van der Waals surface area contributed by atoms with Crippen molar-refractivity contribution in [2.75, 3.05) is 7.11 Å². The molecule has 2 nitrogen and oxygen atoms in total. The van der Waals surface area contributed by atoms with Crippen LogP contribution in [0.15, 0.2) is 40.9 Å². The van der Waals surface area contributed by atoms with Crippen molar-refractivity contribution in [3.8, 4) is 5.75 Å². The average molecular weight is 328 g/mol. The molecule has 100 valence electrons. The summed E-state index contributed by atoms with van der Waals surface area (Å²) in [6.45, 7) is 0. The zero-order valence-corrected chi connectivity index (χ0v) is 11.7. The van der Waals surface area contributed by atoms with Crippen LogP contribution in [0.2, 0.25) is 0 Å². The van der Waals surface area contributed by atoms with Crippen LogP contribution in [0.25, 0.3) is 0 Å². The van der Waals surface area contributed by atoms with Crippen LogP contribution in [0.1, 0.15) is 17.2 Å². The van der Waals surface area contributed by atoms with E-state index >= 15 is 0 Å². The Hall–Kier alpha value is -1.46. The van der Waals surface area contributed by atoms with Crippen LogP contribution in [0.4, 0.5) is 8.78 Å². The monoisotopic (exact) mass is 327 g/mol. The van der Waals surface area contributed by atoms with Gasteiger partial charge < -0.3 is 10.5 Å². The predicted octanol–water partition coefficient (Wildman–Crippen LogP) is 3.78. The highest BCUT2D eigenvalue weighted by molar-refractivity contribution is 9.10. The summed E-state index contributed by atoms with van der Waals surface area (Å²) in [5, 5.41) is 0. The van der Waals surface area contributed by atoms with Crippen LogP contribution in [-0.2, 0) is 0 Å². The Morgan fingerprint density at radius 1 is 1.11 bits per heavy atom. The quantitative estimate of drug-likeness (QED) is 0.870. The van der Waals surface area contributed by atoms with Crippen molar-refractivity contribution in [1.82, 2.24) is 0 Å². The maximum absolute atomic E-state index is 14.0. The Morgan fingerprint density at radius 2 is 1.74 bits per heavy atom. The summed E-state index contributed by atoms with van der Waals surface area (Å²) in [5.74, 6) is -0.682. The molecule has 0 saturated heterocycles. The van der Waals surface area contributed by atoms with E-state index in [1.54, 1.807) is 31.4 Å². The van der Waals surface area contributed by atoms with Crippen molar-refractivity contribution in [3.63, 3.8) is 0 Å². The van der Waals surface area contributed by atoms with E-state index in [0.29, 0.717) is 11.3 Å². The summed E-state index contributed by atoms with van der Waals surface area (Å²) < 4.78 is 32.9. The van der Waals surface area contributed by atoms with Crippen LogP contribution in [0.5, 0.6) is 5.75 Å². The first kappa shape index (κ1) is 14.0. The standard InChI is InChI=1S/C14H12BrF2NO/c1-19-9-4-2-8(3-5-9)14(18)12-11(16)7-6-10(15)13(12)17/h2-7,14H,18H2,1H3. The van der Waals surface area contributed by atoms with Gasteiger partial charge in [-0.1, -0.05) is 12.1 Å². The average Bonchev–Trinajstić information content (AvgIpc) is 2.43. The van der Waals surface area contributed by atoms with Crippen molar-refractivity contribution < 1.29 is 13.5 Å². The van der Waals surface area contributed by atoms with Gasteiger partial charge in [0.25, 0.3) is 0 Å². The van der Waals surface area contributed by atoms with Gasteiger partial charge in [0.2, 0.25) is 0 Å². The van der Waals surface area contributed by atoms with Gasteiger partial charge in [-0.15, -0.1) is 0 Å². The Balaban J connectivity index is 2.43. The number of halogens is 3. The Bertz CT molecular complexity index is 587. The fourth-order valence-corrected chi connectivity index (χ4v) is 2.15. The zero-order valence-electron chi connectivity index (χ0n) is 10.2. The smallest absolute Gasteiger partial charge is 0.145 e. The number of rotatable bonds is 3. The van der Waals surface area contributed by atoms with E-state index in [4.69, 9.17) is 10.5 Å². The van der Waals surface area contributed by atoms with Gasteiger partial charge in [-0.25, -0.2) is 8.78 Å². The molecule has 0 radical (unpaired) electrons. The SMILES string of the molecule is COc1ccc(C(N)c2c(F)ccc(Br)c2F)cc1. The van der Waals surface area contributed by atoms with Crippen LogP contribution in [0.3, 0.4) is 0 Å². The highest BCUT2D eigenvalue weighted by atomic mass is 79.9. The third-order valence-corrected chi connectivity index (χ3v) is 3.48. The summed E-state index contributed by atoms with van der Waals surface area (Å²) in [5.41, 5.74) is 6.39. The van der Waals surface area contributed by atoms with Crippen molar-refractivity contribution in [2.24, 2.45) is 5.73 Å². The molecular formula is C14H12BrF2NO. The molecule has 1 atom stereocenters. The maximum Gasteiger partial charge on any atom is 0.145 e. The summed E-state index contributed by atoms with van der Waals surface area (Å²) in [4.78, 5) is 0. The highest BCUT2D eigenvalue weighted by Gasteiger charge is 2.20. The lowest BCUT2D eigenvalue weighted by Gasteiger charge is -2.15. The molecule has 2 rings (SSSR count). The van der Waals surface area contributed by atoms with Gasteiger partial charge in [0.15, 0.2) is 0 Å². The second kappa shape index (κ2) is 5.67. The Kier molecular flexibility index (Phi) is 4.17. The number of hydrogen-bond donors (Lipinski definition) is 1. The molecule has 5 heteroatoms. The van der Waals surface area contributed by atoms with Gasteiger partial charge in [0.05, 0.1) is 17.6 Å². The molecule has 0 aliphatic rings. The fourth-order valence-electron chi connectivity index (χ4n) is 1.81. The Morgan fingerprint density at radius 3 is 2.32 bits per heavy atom. The normalized spacial score (nSPS) is 12.3. The minimum atomic E-state index is -0.872. The molecule has 0 aliphatic heterocycles. The number of benzene rings is 2. The van der Waals surface area contributed by atoms with E-state index in [1.807, 2.05) is 0 Å². The lowest BCUT2D eigenvalue weighted by Crippen LogP contribution is -2.16. The second-order valence-corrected chi connectivity index (χ2v) is 4.86. The molecule has 0 aliphatic carbocycles. The molecule has 2 aromatic carbocycles. The molecule has 2 aromatic rings. The first-order valence-corrected chi connectivity index (χ1v) is 6.37. The topological polar surface area (TPSA) is 35.2 Å². The molecule has 0 fully saturated rings. The van der Waals surface area contributed by atoms with Gasteiger partial charge in [0, 0.05) is 5.56 Å². The number of nitrogens with two attached hydrogens (primary N) is 1. The first-order valence-electron chi connectivity index (χ1n) is 5.57. The van der Waals surface area contributed by atoms with Gasteiger partial charge in [-0.3, -0.25) is 0 Å². The molecule has 0 aromatic heterocycles. The van der Waals surface area contributed by atoms with Crippen molar-refractivity contribution >= 4 is 15.9 Å². The lowest BCUT2D eigenvalue weighted by atomic mass is 9.98. The van der Waals surface area contributed by atoms with E-state index in [-0.39, 0.29) is 10.0 Å². The molecule has 0 bridgehead atoms. The number of methoxy groups -OCH3 is 1. The minimum absolute atomic E-state index is 0.153. The van der Waals surface area contributed by atoms with Crippen LogP contribution >= 0.6 is 15.9 Å². The molecule has 1 unspecified atom stereocenters. The fraction of sp³-hybridized carbons (Fsp3) is 0.143. The largest absolute Gasteiger partial charge is 0.497 e. The zero-order chi connectivity index (χ0) is 14.0. The van der Waals surface area contributed by atoms with Crippen molar-refractivity contribution in [3.05, 3.63) is 63.6 Å². The van der Waals surface area contributed by atoms with Crippen molar-refractivity contribution in [2.45, 2.75) is 6.04 Å². The highest BCUT2D eigenvalue weighted by Crippen LogP contribution is 2.29. The summed E-state index contributed by atoms with van der Waals surface area (Å²) >= 11 is 3.03. The third kappa shape index (κ3) is 2.77. The molecule has 0 saturated carbocycles. The number of ether oxygens (including phenoxy) is 1. The van der Waals surface area contributed by atoms with E-state index in [9.17, 15) is 8.78 Å². The predicted molar refractivity (Wildman–Crippen MR) is 73.1 cm³/mol.